The fourth-order valence-corrected chi connectivity index (χ4v) is 11.2. The lowest BCUT2D eigenvalue weighted by atomic mass is 9.86. The van der Waals surface area contributed by atoms with Gasteiger partial charge in [0.05, 0.1) is 22.1 Å². The van der Waals surface area contributed by atoms with Gasteiger partial charge in [0.25, 0.3) is 0 Å². The lowest BCUT2D eigenvalue weighted by molar-refractivity contribution is 1.18. The van der Waals surface area contributed by atoms with Crippen molar-refractivity contribution in [1.82, 2.24) is 9.13 Å². The molecule has 0 saturated heterocycles. The Balaban J connectivity index is 0.920. The minimum Gasteiger partial charge on any atom is -0.309 e. The number of nitrogens with zero attached hydrogens (tertiary/aromatic N) is 2. The first kappa shape index (κ1) is 38.3. The average molecular weight is 863 g/mol. The van der Waals surface area contributed by atoms with E-state index in [1.165, 1.54) is 120 Å². The highest BCUT2D eigenvalue weighted by Crippen LogP contribution is 2.45. The maximum atomic E-state index is 2.45. The molecule has 2 heteroatoms. The lowest BCUT2D eigenvalue weighted by Gasteiger charge is -2.18. The summed E-state index contributed by atoms with van der Waals surface area (Å²) in [7, 11) is 0. The van der Waals surface area contributed by atoms with Crippen LogP contribution in [0, 0.1) is 0 Å². The zero-order chi connectivity index (χ0) is 44.7. The van der Waals surface area contributed by atoms with Gasteiger partial charge in [-0.05, 0) is 144 Å². The number of rotatable bonds is 6. The Hall–Kier alpha value is -8.98. The van der Waals surface area contributed by atoms with Crippen molar-refractivity contribution in [1.29, 1.82) is 0 Å². The molecule has 0 atom stereocenters. The van der Waals surface area contributed by atoms with E-state index in [0.29, 0.717) is 0 Å². The van der Waals surface area contributed by atoms with Crippen molar-refractivity contribution in [2.75, 3.05) is 0 Å². The first-order chi connectivity index (χ1) is 33.7. The summed E-state index contributed by atoms with van der Waals surface area (Å²) in [4.78, 5) is 0. The zero-order valence-electron chi connectivity index (χ0n) is 37.1. The van der Waals surface area contributed by atoms with E-state index in [4.69, 9.17) is 0 Å². The fourth-order valence-electron chi connectivity index (χ4n) is 11.2. The topological polar surface area (TPSA) is 9.86 Å². The van der Waals surface area contributed by atoms with E-state index in [1.807, 2.05) is 0 Å². The molecule has 0 aliphatic carbocycles. The van der Waals surface area contributed by atoms with Crippen LogP contribution >= 0.6 is 0 Å². The highest BCUT2D eigenvalue weighted by atomic mass is 15.0. The minimum absolute atomic E-state index is 1.13. The standard InChI is InChI=1S/C66H42N2/c1-2-15-45(16-3-1)65-55-20-6-8-22-57(55)66(58-23-9-7-21-56(58)65)46-30-36-52(37-31-46)68-63-38-32-49(41-59(63)60-42-50(33-39-64(60)68)48-27-26-43-14-4-5-17-47(43)40-48)44-28-34-51(35-29-44)67-61-24-12-10-18-53(61)54-19-11-13-25-62(54)67/h1-42H. The molecule has 0 amide bonds. The van der Waals surface area contributed by atoms with Gasteiger partial charge in [0.1, 0.15) is 0 Å². The van der Waals surface area contributed by atoms with Gasteiger partial charge in [-0.15, -0.1) is 0 Å². The van der Waals surface area contributed by atoms with Gasteiger partial charge in [-0.2, -0.15) is 0 Å². The van der Waals surface area contributed by atoms with Crippen LogP contribution in [-0.2, 0) is 0 Å². The summed E-state index contributed by atoms with van der Waals surface area (Å²) in [5.41, 5.74) is 16.8. The van der Waals surface area contributed by atoms with Crippen molar-refractivity contribution in [3.05, 3.63) is 255 Å². The first-order valence-corrected chi connectivity index (χ1v) is 23.5. The molecule has 0 fully saturated rings. The van der Waals surface area contributed by atoms with Crippen LogP contribution in [0.1, 0.15) is 0 Å². The first-order valence-electron chi connectivity index (χ1n) is 23.5. The SMILES string of the molecule is c1ccc(-c2c3ccccc3c(-c3ccc(-n4c5ccc(-c6ccc(-n7c8ccccc8c8ccccc87)cc6)cc5c5cc(-c6ccc7ccccc7c6)ccc54)cc3)c3ccccc23)cc1. The fraction of sp³-hybridized carbons (Fsp3) is 0. The van der Waals surface area contributed by atoms with E-state index in [2.05, 4.69) is 264 Å². The molecule has 0 N–H and O–H groups in total. The van der Waals surface area contributed by atoms with Crippen LogP contribution in [0.2, 0.25) is 0 Å². The largest absolute Gasteiger partial charge is 0.309 e. The number of aromatic nitrogens is 2. The van der Waals surface area contributed by atoms with Gasteiger partial charge in [-0.25, -0.2) is 0 Å². The number of para-hydroxylation sites is 2. The Labute approximate surface area is 393 Å². The van der Waals surface area contributed by atoms with Crippen molar-refractivity contribution in [3.8, 4) is 55.9 Å². The van der Waals surface area contributed by atoms with Crippen LogP contribution < -0.4 is 0 Å². The average Bonchev–Trinajstić information content (AvgIpc) is 3.92. The summed E-state index contributed by atoms with van der Waals surface area (Å²) in [5.74, 6) is 0. The molecule has 2 nitrogen and oxygen atoms in total. The summed E-state index contributed by atoms with van der Waals surface area (Å²) < 4.78 is 4.83. The van der Waals surface area contributed by atoms with Crippen molar-refractivity contribution >= 4 is 75.9 Å². The Bertz CT molecular complexity index is 4170. The summed E-state index contributed by atoms with van der Waals surface area (Å²) in [6, 6.07) is 93.8. The highest BCUT2D eigenvalue weighted by Gasteiger charge is 2.19. The van der Waals surface area contributed by atoms with Gasteiger partial charge in [0, 0.05) is 32.9 Å². The molecule has 14 aromatic rings. The van der Waals surface area contributed by atoms with Gasteiger partial charge >= 0.3 is 0 Å². The molecule has 0 aliphatic heterocycles. The van der Waals surface area contributed by atoms with Gasteiger partial charge < -0.3 is 9.13 Å². The zero-order valence-corrected chi connectivity index (χ0v) is 37.1. The Morgan fingerprint density at radius 3 is 1.07 bits per heavy atom. The van der Waals surface area contributed by atoms with Gasteiger partial charge in [0.2, 0.25) is 0 Å². The van der Waals surface area contributed by atoms with Crippen LogP contribution in [0.5, 0.6) is 0 Å². The number of hydrogen-bond acceptors (Lipinski definition) is 0. The van der Waals surface area contributed by atoms with Gasteiger partial charge in [0.15, 0.2) is 0 Å². The molecule has 12 aromatic carbocycles. The number of benzene rings is 12. The highest BCUT2D eigenvalue weighted by molar-refractivity contribution is 6.21. The Kier molecular flexibility index (Phi) is 8.62. The maximum absolute atomic E-state index is 2.45. The second-order valence-corrected chi connectivity index (χ2v) is 18.0. The maximum Gasteiger partial charge on any atom is 0.0541 e. The Morgan fingerprint density at radius 1 is 0.191 bits per heavy atom. The van der Waals surface area contributed by atoms with Crippen LogP contribution in [0.25, 0.3) is 132 Å². The quantitative estimate of drug-likeness (QED) is 0.147. The molecule has 2 heterocycles. The van der Waals surface area contributed by atoms with E-state index >= 15 is 0 Å². The van der Waals surface area contributed by atoms with Crippen molar-refractivity contribution in [2.45, 2.75) is 0 Å². The molecule has 316 valence electrons. The number of fused-ring (bicyclic) bond motifs is 9. The van der Waals surface area contributed by atoms with Crippen molar-refractivity contribution in [2.24, 2.45) is 0 Å². The normalized spacial score (nSPS) is 11.8. The summed E-state index contributed by atoms with van der Waals surface area (Å²) in [6.07, 6.45) is 0. The minimum atomic E-state index is 1.13. The lowest BCUT2D eigenvalue weighted by Crippen LogP contribution is -1.95. The van der Waals surface area contributed by atoms with Crippen molar-refractivity contribution < 1.29 is 0 Å². The molecule has 2 aromatic heterocycles. The van der Waals surface area contributed by atoms with Gasteiger partial charge in [-0.3, -0.25) is 0 Å². The summed E-state index contributed by atoms with van der Waals surface area (Å²) >= 11 is 0. The molecule has 14 rings (SSSR count). The van der Waals surface area contributed by atoms with Crippen LogP contribution in [0.3, 0.4) is 0 Å². The monoisotopic (exact) mass is 862 g/mol. The molecule has 0 bridgehead atoms. The van der Waals surface area contributed by atoms with E-state index < -0.39 is 0 Å². The molecular formula is C66H42N2. The van der Waals surface area contributed by atoms with Crippen LogP contribution in [0.15, 0.2) is 255 Å². The molecular weight excluding hydrogens is 821 g/mol. The smallest absolute Gasteiger partial charge is 0.0541 e. The molecule has 68 heavy (non-hydrogen) atoms. The van der Waals surface area contributed by atoms with Crippen LogP contribution in [0.4, 0.5) is 0 Å². The second kappa shape index (κ2) is 15.3. The molecule has 0 saturated carbocycles. The van der Waals surface area contributed by atoms with E-state index in [1.54, 1.807) is 0 Å². The molecule has 0 spiro atoms. The van der Waals surface area contributed by atoms with E-state index in [-0.39, 0.29) is 0 Å². The van der Waals surface area contributed by atoms with Gasteiger partial charge in [-0.1, -0.05) is 188 Å². The van der Waals surface area contributed by atoms with Crippen LogP contribution in [-0.4, -0.2) is 9.13 Å². The third-order valence-electron chi connectivity index (χ3n) is 14.3. The third kappa shape index (κ3) is 5.98. The van der Waals surface area contributed by atoms with Crippen molar-refractivity contribution in [3.63, 3.8) is 0 Å². The predicted octanol–water partition coefficient (Wildman–Crippen LogP) is 18.0. The Morgan fingerprint density at radius 2 is 0.544 bits per heavy atom. The third-order valence-corrected chi connectivity index (χ3v) is 14.3. The summed E-state index contributed by atoms with van der Waals surface area (Å²) in [5, 5.41) is 12.5. The second-order valence-electron chi connectivity index (χ2n) is 18.0. The molecule has 0 unspecified atom stereocenters. The van der Waals surface area contributed by atoms with E-state index in [9.17, 15) is 0 Å². The molecule has 0 aliphatic rings. The molecule has 0 radical (unpaired) electrons. The predicted molar refractivity (Wildman–Crippen MR) is 289 cm³/mol. The van der Waals surface area contributed by atoms with E-state index in [0.717, 1.165) is 11.4 Å². The summed E-state index contributed by atoms with van der Waals surface area (Å²) in [6.45, 7) is 0. The number of hydrogen-bond donors (Lipinski definition) is 0.